The van der Waals surface area contributed by atoms with Gasteiger partial charge in [0.15, 0.2) is 0 Å². The zero-order valence-electron chi connectivity index (χ0n) is 11.9. The van der Waals surface area contributed by atoms with E-state index in [-0.39, 0.29) is 17.7 Å². The number of carbonyl (C=O) groups excluding carboxylic acids is 1. The summed E-state index contributed by atoms with van der Waals surface area (Å²) in [6.45, 7) is 5.17. The molecular weight excluding hydrogens is 263 g/mol. The summed E-state index contributed by atoms with van der Waals surface area (Å²) in [5.41, 5.74) is -0.211. The molecule has 0 radical (unpaired) electrons. The van der Waals surface area contributed by atoms with Gasteiger partial charge in [0, 0.05) is 20.2 Å². The second kappa shape index (κ2) is 5.85. The van der Waals surface area contributed by atoms with Crippen molar-refractivity contribution in [3.8, 4) is 0 Å². The lowest BCUT2D eigenvalue weighted by atomic mass is 10.0. The largest absolute Gasteiger partial charge is 0.382 e. The Kier molecular flexibility index (Phi) is 4.35. The van der Waals surface area contributed by atoms with E-state index in [1.165, 1.54) is 12.1 Å². The molecule has 2 heterocycles. The van der Waals surface area contributed by atoms with Crippen molar-refractivity contribution in [2.75, 3.05) is 26.8 Å². The first-order chi connectivity index (χ1) is 9.41. The number of carbonyl (C=O) groups is 1. The predicted molar refractivity (Wildman–Crippen MR) is 70.9 cm³/mol. The molecule has 1 aliphatic heterocycles. The molecule has 1 fully saturated rings. The van der Waals surface area contributed by atoms with Gasteiger partial charge in [0.25, 0.3) is 5.91 Å². The molecule has 0 bridgehead atoms. The van der Waals surface area contributed by atoms with Crippen LogP contribution in [0.3, 0.4) is 0 Å². The highest BCUT2D eigenvalue weighted by Crippen LogP contribution is 2.22. The SMILES string of the molecule is COC[C@@H]1CN(C(=O)c2ccc(F)cn2)CC(C)(C)O1. The highest BCUT2D eigenvalue weighted by atomic mass is 19.1. The molecule has 1 saturated heterocycles. The van der Waals surface area contributed by atoms with Crippen molar-refractivity contribution >= 4 is 5.91 Å². The van der Waals surface area contributed by atoms with Crippen LogP contribution in [0.2, 0.25) is 0 Å². The second-order valence-electron chi connectivity index (χ2n) is 5.50. The van der Waals surface area contributed by atoms with E-state index in [0.29, 0.717) is 19.7 Å². The maximum absolute atomic E-state index is 12.9. The molecule has 5 nitrogen and oxygen atoms in total. The first kappa shape index (κ1) is 14.9. The lowest BCUT2D eigenvalue weighted by Crippen LogP contribution is -2.55. The molecule has 0 N–H and O–H groups in total. The monoisotopic (exact) mass is 282 g/mol. The highest BCUT2D eigenvalue weighted by Gasteiger charge is 2.36. The van der Waals surface area contributed by atoms with Crippen LogP contribution in [0.1, 0.15) is 24.3 Å². The summed E-state index contributed by atoms with van der Waals surface area (Å²) in [6, 6.07) is 2.63. The molecule has 20 heavy (non-hydrogen) atoms. The van der Waals surface area contributed by atoms with E-state index in [1.54, 1.807) is 12.0 Å². The first-order valence-corrected chi connectivity index (χ1v) is 6.49. The second-order valence-corrected chi connectivity index (χ2v) is 5.50. The van der Waals surface area contributed by atoms with Gasteiger partial charge < -0.3 is 14.4 Å². The molecule has 0 unspecified atom stereocenters. The first-order valence-electron chi connectivity index (χ1n) is 6.49. The fraction of sp³-hybridized carbons (Fsp3) is 0.571. The van der Waals surface area contributed by atoms with Gasteiger partial charge in [-0.2, -0.15) is 0 Å². The number of methoxy groups -OCH3 is 1. The van der Waals surface area contributed by atoms with Crippen molar-refractivity contribution in [3.05, 3.63) is 29.8 Å². The van der Waals surface area contributed by atoms with Gasteiger partial charge in [-0.15, -0.1) is 0 Å². The summed E-state index contributed by atoms with van der Waals surface area (Å²) >= 11 is 0. The molecule has 6 heteroatoms. The van der Waals surface area contributed by atoms with Gasteiger partial charge in [-0.3, -0.25) is 4.79 Å². The highest BCUT2D eigenvalue weighted by molar-refractivity contribution is 5.92. The molecule has 1 amide bonds. The number of nitrogens with zero attached hydrogens (tertiary/aromatic N) is 2. The number of halogens is 1. The molecule has 0 aliphatic carbocycles. The molecule has 0 saturated carbocycles. The standard InChI is InChI=1S/C14H19FN2O3/c1-14(2)9-17(7-11(20-14)8-19-3)13(18)12-5-4-10(15)6-16-12/h4-6,11H,7-9H2,1-3H3/t11-/m0/s1. The van der Waals surface area contributed by atoms with E-state index < -0.39 is 11.4 Å². The maximum Gasteiger partial charge on any atom is 0.272 e. The lowest BCUT2D eigenvalue weighted by molar-refractivity contribution is -0.143. The van der Waals surface area contributed by atoms with E-state index in [1.807, 2.05) is 13.8 Å². The van der Waals surface area contributed by atoms with Crippen LogP contribution in [-0.2, 0) is 9.47 Å². The van der Waals surface area contributed by atoms with Gasteiger partial charge in [-0.1, -0.05) is 0 Å². The summed E-state index contributed by atoms with van der Waals surface area (Å²) in [5.74, 6) is -0.677. The Hall–Kier alpha value is -1.53. The molecule has 1 aliphatic rings. The van der Waals surface area contributed by atoms with Crippen LogP contribution in [-0.4, -0.2) is 54.3 Å². The third-order valence-corrected chi connectivity index (χ3v) is 3.07. The summed E-state index contributed by atoms with van der Waals surface area (Å²) in [7, 11) is 1.60. The van der Waals surface area contributed by atoms with Gasteiger partial charge in [0.2, 0.25) is 0 Å². The molecular formula is C14H19FN2O3. The minimum Gasteiger partial charge on any atom is -0.382 e. The minimum atomic E-state index is -0.457. The number of hydrogen-bond acceptors (Lipinski definition) is 4. The Morgan fingerprint density at radius 3 is 2.95 bits per heavy atom. The zero-order valence-corrected chi connectivity index (χ0v) is 11.9. The van der Waals surface area contributed by atoms with Gasteiger partial charge in [0.1, 0.15) is 11.5 Å². The summed E-state index contributed by atoms with van der Waals surface area (Å²) in [5, 5.41) is 0. The quantitative estimate of drug-likeness (QED) is 0.843. The third-order valence-electron chi connectivity index (χ3n) is 3.07. The maximum atomic E-state index is 12.9. The minimum absolute atomic E-state index is 0.173. The van der Waals surface area contributed by atoms with E-state index in [9.17, 15) is 9.18 Å². The summed E-state index contributed by atoms with van der Waals surface area (Å²) < 4.78 is 23.8. The Bertz CT molecular complexity index is 476. The fourth-order valence-corrected chi connectivity index (χ4v) is 2.39. The van der Waals surface area contributed by atoms with Crippen molar-refractivity contribution in [3.63, 3.8) is 0 Å². The van der Waals surface area contributed by atoms with E-state index >= 15 is 0 Å². The fourth-order valence-electron chi connectivity index (χ4n) is 2.39. The average molecular weight is 282 g/mol. The smallest absolute Gasteiger partial charge is 0.272 e. The van der Waals surface area contributed by atoms with Crippen LogP contribution in [0.5, 0.6) is 0 Å². The summed E-state index contributed by atoms with van der Waals surface area (Å²) in [6.07, 6.45) is 0.874. The topological polar surface area (TPSA) is 51.7 Å². The van der Waals surface area contributed by atoms with Crippen LogP contribution in [0.4, 0.5) is 4.39 Å². The zero-order chi connectivity index (χ0) is 14.8. The predicted octanol–water partition coefficient (Wildman–Crippen LogP) is 1.49. The van der Waals surface area contributed by atoms with Crippen LogP contribution in [0, 0.1) is 5.82 Å². The molecule has 110 valence electrons. The number of aromatic nitrogens is 1. The number of pyridine rings is 1. The van der Waals surface area contributed by atoms with Crippen molar-refractivity contribution in [1.29, 1.82) is 0 Å². The molecule has 1 aromatic heterocycles. The van der Waals surface area contributed by atoms with Crippen LogP contribution in [0.25, 0.3) is 0 Å². The Balaban J connectivity index is 2.13. The third kappa shape index (κ3) is 3.52. The average Bonchev–Trinajstić information content (AvgIpc) is 2.37. The van der Waals surface area contributed by atoms with Gasteiger partial charge in [0.05, 0.1) is 24.5 Å². The van der Waals surface area contributed by atoms with Crippen molar-refractivity contribution in [2.45, 2.75) is 25.6 Å². The van der Waals surface area contributed by atoms with Crippen LogP contribution in [0.15, 0.2) is 18.3 Å². The van der Waals surface area contributed by atoms with E-state index in [2.05, 4.69) is 4.98 Å². The number of amides is 1. The number of ether oxygens (including phenoxy) is 2. The van der Waals surface area contributed by atoms with Gasteiger partial charge in [-0.25, -0.2) is 9.37 Å². The Labute approximate surface area is 117 Å². The lowest BCUT2D eigenvalue weighted by Gasteiger charge is -2.42. The number of hydrogen-bond donors (Lipinski definition) is 0. The normalized spacial score (nSPS) is 21.8. The number of morpholine rings is 1. The molecule has 2 rings (SSSR count). The van der Waals surface area contributed by atoms with E-state index in [0.717, 1.165) is 6.20 Å². The Morgan fingerprint density at radius 2 is 2.35 bits per heavy atom. The van der Waals surface area contributed by atoms with Crippen LogP contribution >= 0.6 is 0 Å². The van der Waals surface area contributed by atoms with Crippen molar-refractivity contribution in [1.82, 2.24) is 9.88 Å². The molecule has 0 spiro atoms. The van der Waals surface area contributed by atoms with Gasteiger partial charge in [-0.05, 0) is 26.0 Å². The molecule has 1 atom stereocenters. The number of rotatable bonds is 3. The van der Waals surface area contributed by atoms with Crippen molar-refractivity contribution in [2.24, 2.45) is 0 Å². The Morgan fingerprint density at radius 1 is 1.60 bits per heavy atom. The molecule has 1 aromatic rings. The molecule has 0 aromatic carbocycles. The van der Waals surface area contributed by atoms with E-state index in [4.69, 9.17) is 9.47 Å². The van der Waals surface area contributed by atoms with Crippen molar-refractivity contribution < 1.29 is 18.7 Å². The summed E-state index contributed by atoms with van der Waals surface area (Å²) in [4.78, 5) is 17.9. The van der Waals surface area contributed by atoms with Crippen LogP contribution < -0.4 is 0 Å². The van der Waals surface area contributed by atoms with Gasteiger partial charge >= 0.3 is 0 Å².